The number of para-hydroxylation sites is 1. The Bertz CT molecular complexity index is 756. The van der Waals surface area contributed by atoms with E-state index in [1.807, 2.05) is 65.6 Å². The number of hydrogen-bond donors (Lipinski definition) is 0. The van der Waals surface area contributed by atoms with Crippen LogP contribution in [0.15, 0.2) is 65.4 Å². The molecule has 0 bridgehead atoms. The summed E-state index contributed by atoms with van der Waals surface area (Å²) in [7, 11) is 0. The highest BCUT2D eigenvalue weighted by Crippen LogP contribution is 2.34. The molecule has 0 saturated heterocycles. The first-order valence-electron chi connectivity index (χ1n) is 6.34. The molecule has 0 aliphatic heterocycles. The van der Waals surface area contributed by atoms with Gasteiger partial charge in [-0.05, 0) is 45.8 Å². The number of rotatable bonds is 3. The van der Waals surface area contributed by atoms with Gasteiger partial charge in [-0.1, -0.05) is 51.8 Å². The summed E-state index contributed by atoms with van der Waals surface area (Å²) in [6.45, 7) is 0. The Balaban J connectivity index is 1.90. The van der Waals surface area contributed by atoms with Gasteiger partial charge in [-0.15, -0.1) is 0 Å². The topological polar surface area (TPSA) is 17.8 Å². The smallest absolute Gasteiger partial charge is 0.0676 e. The number of aromatic nitrogens is 2. The van der Waals surface area contributed by atoms with E-state index in [0.29, 0.717) is 5.02 Å². The molecule has 0 aliphatic carbocycles. The van der Waals surface area contributed by atoms with Crippen LogP contribution >= 0.6 is 43.5 Å². The van der Waals surface area contributed by atoms with Crippen molar-refractivity contribution in [3.8, 4) is 5.69 Å². The number of nitrogens with zero attached hydrogens (tertiary/aromatic N) is 2. The van der Waals surface area contributed by atoms with Crippen LogP contribution in [0.5, 0.6) is 0 Å². The molecule has 106 valence electrons. The van der Waals surface area contributed by atoms with Gasteiger partial charge in [-0.3, -0.25) is 0 Å². The first-order valence-corrected chi connectivity index (χ1v) is 8.43. The van der Waals surface area contributed by atoms with Crippen molar-refractivity contribution in [2.75, 3.05) is 0 Å². The predicted octanol–water partition coefficient (Wildman–Crippen LogP) is 5.77. The maximum Gasteiger partial charge on any atom is 0.0676 e. The molecule has 0 amide bonds. The van der Waals surface area contributed by atoms with E-state index in [1.54, 1.807) is 0 Å². The average molecular weight is 427 g/mol. The number of halogens is 3. The summed E-state index contributed by atoms with van der Waals surface area (Å²) in [4.78, 5) is 0.0561. The molecule has 0 saturated carbocycles. The second-order valence-electron chi connectivity index (χ2n) is 4.59. The Morgan fingerprint density at radius 2 is 1.81 bits per heavy atom. The summed E-state index contributed by atoms with van der Waals surface area (Å²) < 4.78 is 2.76. The number of benzene rings is 2. The molecule has 1 atom stereocenters. The monoisotopic (exact) mass is 424 g/mol. The fourth-order valence-corrected chi connectivity index (χ4v) is 3.01. The summed E-state index contributed by atoms with van der Waals surface area (Å²) in [6, 6.07) is 16.0. The lowest BCUT2D eigenvalue weighted by atomic mass is 10.1. The minimum Gasteiger partial charge on any atom is -0.241 e. The number of hydrogen-bond acceptors (Lipinski definition) is 1. The van der Waals surface area contributed by atoms with Gasteiger partial charge >= 0.3 is 0 Å². The highest BCUT2D eigenvalue weighted by atomic mass is 79.9. The first kappa shape index (κ1) is 14.8. The van der Waals surface area contributed by atoms with E-state index in [-0.39, 0.29) is 4.83 Å². The second kappa shape index (κ2) is 6.34. The molecule has 0 spiro atoms. The molecule has 1 heterocycles. The largest absolute Gasteiger partial charge is 0.241 e. The Labute approximate surface area is 145 Å². The Morgan fingerprint density at radius 1 is 1.05 bits per heavy atom. The van der Waals surface area contributed by atoms with Gasteiger partial charge in [-0.2, -0.15) is 5.10 Å². The van der Waals surface area contributed by atoms with Crippen LogP contribution in [0.1, 0.15) is 16.0 Å². The molecular weight excluding hydrogens is 415 g/mol. The molecule has 3 rings (SSSR count). The SMILES string of the molecule is Clc1cc(C(Br)c2cnn(-c3ccccc3)c2)ccc1Br. The normalized spacial score (nSPS) is 12.3. The van der Waals surface area contributed by atoms with Crippen molar-refractivity contribution in [1.29, 1.82) is 0 Å². The highest BCUT2D eigenvalue weighted by molar-refractivity contribution is 9.10. The van der Waals surface area contributed by atoms with E-state index in [0.717, 1.165) is 21.3 Å². The zero-order chi connectivity index (χ0) is 14.8. The van der Waals surface area contributed by atoms with Gasteiger partial charge in [0, 0.05) is 16.2 Å². The van der Waals surface area contributed by atoms with Crippen LogP contribution in [0.2, 0.25) is 5.02 Å². The first-order chi connectivity index (χ1) is 10.1. The standard InChI is InChI=1S/C16H11Br2ClN2/c17-14-7-6-11(8-15(14)19)16(18)12-9-20-21(10-12)13-4-2-1-3-5-13/h1-10,16H. The van der Waals surface area contributed by atoms with Crippen LogP contribution in [0.25, 0.3) is 5.69 Å². The molecule has 0 N–H and O–H groups in total. The van der Waals surface area contributed by atoms with E-state index >= 15 is 0 Å². The van der Waals surface area contributed by atoms with Crippen molar-refractivity contribution >= 4 is 43.5 Å². The Morgan fingerprint density at radius 3 is 2.52 bits per heavy atom. The van der Waals surface area contributed by atoms with Gasteiger partial charge < -0.3 is 0 Å². The maximum absolute atomic E-state index is 6.16. The van der Waals surface area contributed by atoms with Crippen molar-refractivity contribution < 1.29 is 0 Å². The van der Waals surface area contributed by atoms with Crippen LogP contribution in [0, 0.1) is 0 Å². The maximum atomic E-state index is 6.16. The third-order valence-electron chi connectivity index (χ3n) is 3.15. The van der Waals surface area contributed by atoms with Crippen LogP contribution in [0.3, 0.4) is 0 Å². The fraction of sp³-hybridized carbons (Fsp3) is 0.0625. The van der Waals surface area contributed by atoms with Crippen molar-refractivity contribution in [2.24, 2.45) is 0 Å². The molecule has 21 heavy (non-hydrogen) atoms. The molecule has 2 aromatic carbocycles. The third kappa shape index (κ3) is 3.23. The van der Waals surface area contributed by atoms with Crippen molar-refractivity contribution in [3.63, 3.8) is 0 Å². The van der Waals surface area contributed by atoms with Gasteiger partial charge in [0.25, 0.3) is 0 Å². The molecule has 0 fully saturated rings. The van der Waals surface area contributed by atoms with Crippen LogP contribution < -0.4 is 0 Å². The van der Waals surface area contributed by atoms with Crippen molar-refractivity contribution in [2.45, 2.75) is 4.83 Å². The van der Waals surface area contributed by atoms with E-state index in [1.165, 1.54) is 0 Å². The molecule has 3 aromatic rings. The Kier molecular flexibility index (Phi) is 4.48. The van der Waals surface area contributed by atoms with E-state index in [9.17, 15) is 0 Å². The lowest BCUT2D eigenvalue weighted by Gasteiger charge is -2.09. The quantitative estimate of drug-likeness (QED) is 0.486. The van der Waals surface area contributed by atoms with E-state index < -0.39 is 0 Å². The van der Waals surface area contributed by atoms with Crippen molar-refractivity contribution in [3.05, 3.63) is 81.5 Å². The summed E-state index contributed by atoms with van der Waals surface area (Å²) in [6.07, 6.45) is 3.88. The third-order valence-corrected chi connectivity index (χ3v) is 5.44. The summed E-state index contributed by atoms with van der Waals surface area (Å²) in [5.41, 5.74) is 3.21. The Hall–Kier alpha value is -1.10. The minimum atomic E-state index is 0.0561. The molecule has 5 heteroatoms. The van der Waals surface area contributed by atoms with Gasteiger partial charge in [0.1, 0.15) is 0 Å². The zero-order valence-electron chi connectivity index (χ0n) is 10.9. The van der Waals surface area contributed by atoms with E-state index in [2.05, 4.69) is 37.0 Å². The van der Waals surface area contributed by atoms with Gasteiger partial charge in [0.05, 0.1) is 21.7 Å². The lowest BCUT2D eigenvalue weighted by molar-refractivity contribution is 0.880. The molecule has 0 aliphatic rings. The highest BCUT2D eigenvalue weighted by Gasteiger charge is 2.14. The molecule has 2 nitrogen and oxygen atoms in total. The molecule has 1 unspecified atom stereocenters. The average Bonchev–Trinajstić information content (AvgIpc) is 3.00. The van der Waals surface area contributed by atoms with Gasteiger partial charge in [-0.25, -0.2) is 4.68 Å². The summed E-state index contributed by atoms with van der Waals surface area (Å²) >= 11 is 13.3. The molecule has 1 aromatic heterocycles. The zero-order valence-corrected chi connectivity index (χ0v) is 14.8. The second-order valence-corrected chi connectivity index (χ2v) is 6.77. The number of alkyl halides is 1. The summed E-state index contributed by atoms with van der Waals surface area (Å²) in [5.74, 6) is 0. The van der Waals surface area contributed by atoms with Gasteiger partial charge in [0.15, 0.2) is 0 Å². The fourth-order valence-electron chi connectivity index (χ4n) is 2.05. The van der Waals surface area contributed by atoms with Crippen molar-refractivity contribution in [1.82, 2.24) is 9.78 Å². The van der Waals surface area contributed by atoms with Crippen LogP contribution in [-0.2, 0) is 0 Å². The molecule has 0 radical (unpaired) electrons. The van der Waals surface area contributed by atoms with Crippen LogP contribution in [-0.4, -0.2) is 9.78 Å². The van der Waals surface area contributed by atoms with E-state index in [4.69, 9.17) is 11.6 Å². The predicted molar refractivity (Wildman–Crippen MR) is 93.5 cm³/mol. The lowest BCUT2D eigenvalue weighted by Crippen LogP contribution is -1.94. The van der Waals surface area contributed by atoms with Crippen LogP contribution in [0.4, 0.5) is 0 Å². The minimum absolute atomic E-state index is 0.0561. The molecular formula is C16H11Br2ClN2. The summed E-state index contributed by atoms with van der Waals surface area (Å²) in [5, 5.41) is 5.12. The van der Waals surface area contributed by atoms with Gasteiger partial charge in [0.2, 0.25) is 0 Å².